The van der Waals surface area contributed by atoms with Crippen molar-refractivity contribution in [2.24, 2.45) is 0 Å². The molecule has 132 valence electrons. The van der Waals surface area contributed by atoms with Crippen LogP contribution in [0.3, 0.4) is 0 Å². The fourth-order valence-corrected chi connectivity index (χ4v) is 2.90. The average molecular weight is 341 g/mol. The van der Waals surface area contributed by atoms with Crippen molar-refractivity contribution < 1.29 is 14.3 Å². The van der Waals surface area contributed by atoms with Gasteiger partial charge in [0.1, 0.15) is 12.4 Å². The van der Waals surface area contributed by atoms with Gasteiger partial charge in [-0.3, -0.25) is 4.90 Å². The molecule has 2 aromatic carbocycles. The Hall–Kier alpha value is -2.89. The zero-order valence-corrected chi connectivity index (χ0v) is 14.5. The molecule has 1 fully saturated rings. The molecule has 0 bridgehead atoms. The normalized spacial score (nSPS) is 16.8. The number of benzene rings is 2. The molecule has 4 N–H and O–H groups in total. The number of anilines is 3. The van der Waals surface area contributed by atoms with Gasteiger partial charge in [0.25, 0.3) is 0 Å². The number of aryl methyl sites for hydroxylation is 1. The van der Waals surface area contributed by atoms with Gasteiger partial charge < -0.3 is 20.9 Å². The molecule has 6 heteroatoms. The second kappa shape index (κ2) is 6.93. The van der Waals surface area contributed by atoms with Crippen LogP contribution in [0.1, 0.15) is 30.5 Å². The van der Waals surface area contributed by atoms with E-state index in [1.807, 2.05) is 37.3 Å². The lowest BCUT2D eigenvalue weighted by molar-refractivity contribution is 0.179. The zero-order chi connectivity index (χ0) is 18.0. The smallest absolute Gasteiger partial charge is 0.415 e. The van der Waals surface area contributed by atoms with Gasteiger partial charge in [0.15, 0.2) is 0 Å². The summed E-state index contributed by atoms with van der Waals surface area (Å²) < 4.78 is 10.9. The van der Waals surface area contributed by atoms with E-state index in [0.717, 1.165) is 23.3 Å². The van der Waals surface area contributed by atoms with Gasteiger partial charge >= 0.3 is 6.09 Å². The third-order valence-electron chi connectivity index (χ3n) is 4.29. The molecule has 0 spiro atoms. The summed E-state index contributed by atoms with van der Waals surface area (Å²) in [6.45, 7) is 4.90. The Bertz CT molecular complexity index is 751. The van der Waals surface area contributed by atoms with E-state index in [1.165, 1.54) is 0 Å². The van der Waals surface area contributed by atoms with Crippen molar-refractivity contribution in [1.29, 1.82) is 0 Å². The van der Waals surface area contributed by atoms with Crippen LogP contribution < -0.4 is 21.1 Å². The van der Waals surface area contributed by atoms with Crippen molar-refractivity contribution in [2.75, 3.05) is 29.6 Å². The minimum absolute atomic E-state index is 0.213. The number of hydrogen-bond acceptors (Lipinski definition) is 5. The molecule has 1 amide bonds. The average Bonchev–Trinajstić information content (AvgIpc) is 2.99. The summed E-state index contributed by atoms with van der Waals surface area (Å²) in [5, 5.41) is 0. The summed E-state index contributed by atoms with van der Waals surface area (Å²) in [6.07, 6.45) is 0.568. The summed E-state index contributed by atoms with van der Waals surface area (Å²) >= 11 is 0. The van der Waals surface area contributed by atoms with Gasteiger partial charge in [-0.05, 0) is 48.7 Å². The van der Waals surface area contributed by atoms with E-state index in [4.69, 9.17) is 20.9 Å². The van der Waals surface area contributed by atoms with Crippen molar-refractivity contribution in [3.63, 3.8) is 0 Å². The molecule has 1 aliphatic heterocycles. The monoisotopic (exact) mass is 341 g/mol. The third-order valence-corrected chi connectivity index (χ3v) is 4.29. The summed E-state index contributed by atoms with van der Waals surface area (Å²) in [5.74, 6) is 0.815. The van der Waals surface area contributed by atoms with Crippen LogP contribution in [0.4, 0.5) is 21.9 Å². The Kier molecular flexibility index (Phi) is 4.70. The van der Waals surface area contributed by atoms with Crippen LogP contribution in [0, 0.1) is 6.92 Å². The van der Waals surface area contributed by atoms with E-state index in [-0.39, 0.29) is 18.7 Å². The lowest BCUT2D eigenvalue weighted by Crippen LogP contribution is -2.27. The summed E-state index contributed by atoms with van der Waals surface area (Å²) in [6, 6.07) is 11.1. The summed E-state index contributed by atoms with van der Waals surface area (Å²) in [5.41, 5.74) is 15.4. The molecular formula is C19H23N3O3. The van der Waals surface area contributed by atoms with Crippen molar-refractivity contribution in [2.45, 2.75) is 26.3 Å². The molecule has 3 rings (SSSR count). The highest BCUT2D eigenvalue weighted by atomic mass is 16.6. The molecule has 1 heterocycles. The number of carbonyl (C=O) groups excluding carboxylic acids is 1. The number of cyclic esters (lactones) is 1. The number of rotatable bonds is 5. The Morgan fingerprint density at radius 3 is 2.60 bits per heavy atom. The Morgan fingerprint density at radius 2 is 1.96 bits per heavy atom. The molecule has 2 aromatic rings. The van der Waals surface area contributed by atoms with Gasteiger partial charge in [0.05, 0.1) is 29.7 Å². The molecule has 6 nitrogen and oxygen atoms in total. The Balaban J connectivity index is 1.89. The maximum absolute atomic E-state index is 12.3. The van der Waals surface area contributed by atoms with Crippen molar-refractivity contribution in [1.82, 2.24) is 0 Å². The van der Waals surface area contributed by atoms with Gasteiger partial charge in [0.2, 0.25) is 0 Å². The summed E-state index contributed by atoms with van der Waals surface area (Å²) in [7, 11) is 0. The largest absolute Gasteiger partial charge is 0.494 e. The first-order valence-corrected chi connectivity index (χ1v) is 8.35. The first-order valence-electron chi connectivity index (χ1n) is 8.35. The van der Waals surface area contributed by atoms with Crippen LogP contribution in [-0.2, 0) is 4.74 Å². The lowest BCUT2D eigenvalue weighted by atomic mass is 10.0. The predicted molar refractivity (Wildman–Crippen MR) is 98.8 cm³/mol. The van der Waals surface area contributed by atoms with E-state index < -0.39 is 0 Å². The van der Waals surface area contributed by atoms with Gasteiger partial charge in [0, 0.05) is 0 Å². The summed E-state index contributed by atoms with van der Waals surface area (Å²) in [4.78, 5) is 13.9. The molecule has 0 radical (unpaired) electrons. The second-order valence-electron chi connectivity index (χ2n) is 6.15. The van der Waals surface area contributed by atoms with Gasteiger partial charge in [-0.25, -0.2) is 4.79 Å². The van der Waals surface area contributed by atoms with E-state index in [9.17, 15) is 4.79 Å². The minimum Gasteiger partial charge on any atom is -0.494 e. The predicted octanol–water partition coefficient (Wildman–Crippen LogP) is 3.65. The van der Waals surface area contributed by atoms with Crippen LogP contribution in [-0.4, -0.2) is 19.3 Å². The van der Waals surface area contributed by atoms with Crippen molar-refractivity contribution in [3.8, 4) is 5.75 Å². The molecule has 0 aliphatic carbocycles. The highest BCUT2D eigenvalue weighted by Crippen LogP contribution is 2.36. The third kappa shape index (κ3) is 3.33. The fraction of sp³-hybridized carbons (Fsp3) is 0.316. The first kappa shape index (κ1) is 17.0. The molecule has 1 aliphatic rings. The van der Waals surface area contributed by atoms with Gasteiger partial charge in [-0.2, -0.15) is 0 Å². The van der Waals surface area contributed by atoms with Gasteiger partial charge in [-0.1, -0.05) is 19.1 Å². The molecule has 1 unspecified atom stereocenters. The van der Waals surface area contributed by atoms with E-state index in [1.54, 1.807) is 11.0 Å². The maximum Gasteiger partial charge on any atom is 0.415 e. The Morgan fingerprint density at radius 1 is 1.24 bits per heavy atom. The molecule has 1 atom stereocenters. The number of amides is 1. The van der Waals surface area contributed by atoms with Crippen LogP contribution in [0.25, 0.3) is 0 Å². The number of carbonyl (C=O) groups is 1. The van der Waals surface area contributed by atoms with E-state index in [0.29, 0.717) is 23.7 Å². The van der Waals surface area contributed by atoms with Crippen molar-refractivity contribution >= 4 is 23.2 Å². The highest BCUT2D eigenvalue weighted by Gasteiger charge is 2.35. The quantitative estimate of drug-likeness (QED) is 0.810. The number of ether oxygens (including phenoxy) is 2. The number of hydrogen-bond donors (Lipinski definition) is 2. The van der Waals surface area contributed by atoms with Gasteiger partial charge in [-0.15, -0.1) is 0 Å². The molecular weight excluding hydrogens is 318 g/mol. The Labute approximate surface area is 147 Å². The minimum atomic E-state index is -0.389. The second-order valence-corrected chi connectivity index (χ2v) is 6.15. The molecule has 0 saturated carbocycles. The zero-order valence-electron chi connectivity index (χ0n) is 14.5. The topological polar surface area (TPSA) is 90.8 Å². The van der Waals surface area contributed by atoms with Crippen molar-refractivity contribution in [3.05, 3.63) is 47.5 Å². The lowest BCUT2D eigenvalue weighted by Gasteiger charge is -2.23. The van der Waals surface area contributed by atoms with E-state index in [2.05, 4.69) is 6.92 Å². The van der Waals surface area contributed by atoms with E-state index >= 15 is 0 Å². The van der Waals surface area contributed by atoms with Crippen LogP contribution >= 0.6 is 0 Å². The number of nitrogen functional groups attached to an aromatic ring is 2. The van der Waals surface area contributed by atoms with Crippen LogP contribution in [0.15, 0.2) is 36.4 Å². The molecule has 1 saturated heterocycles. The first-order chi connectivity index (χ1) is 12.0. The van der Waals surface area contributed by atoms with Crippen LogP contribution in [0.5, 0.6) is 5.75 Å². The molecule has 0 aromatic heterocycles. The highest BCUT2D eigenvalue weighted by molar-refractivity contribution is 5.92. The standard InChI is InChI=1S/C19H23N3O3/c1-3-8-24-15-6-4-13(5-7-15)17-11-25-19(23)22(17)14-9-12(2)18(21)16(20)10-14/h4-7,9-10,17H,3,8,11,20-21H2,1-2H3. The number of nitrogens with two attached hydrogens (primary N) is 2. The molecule has 25 heavy (non-hydrogen) atoms. The van der Waals surface area contributed by atoms with Crippen LogP contribution in [0.2, 0.25) is 0 Å². The SMILES string of the molecule is CCCOc1ccc(C2COC(=O)N2c2cc(C)c(N)c(N)c2)cc1. The maximum atomic E-state index is 12.3. The fourth-order valence-electron chi connectivity index (χ4n) is 2.90. The number of nitrogens with zero attached hydrogens (tertiary/aromatic N) is 1.